The molecule has 2 amide bonds. The monoisotopic (exact) mass is 806 g/mol. The molecule has 0 saturated carbocycles. The third-order valence-electron chi connectivity index (χ3n) is 8.70. The minimum Gasteiger partial charge on any atom is -0.492 e. The number of hydrazine groups is 1. The highest BCUT2D eigenvalue weighted by molar-refractivity contribution is 8.01. The second-order valence-corrected chi connectivity index (χ2v) is 16.0. The van der Waals surface area contributed by atoms with Crippen molar-refractivity contribution >= 4 is 92.9 Å². The Morgan fingerprint density at radius 2 is 1.46 bits per heavy atom. The van der Waals surface area contributed by atoms with Crippen LogP contribution in [0.4, 0.5) is 17.1 Å². The molecule has 282 valence electrons. The van der Waals surface area contributed by atoms with Crippen molar-refractivity contribution in [1.29, 1.82) is 0 Å². The number of aryl methyl sites for hydroxylation is 1. The number of amidine groups is 1. The second-order valence-electron chi connectivity index (χ2n) is 13.2. The molecule has 3 aromatic rings. The molecule has 1 fully saturated rings. The minimum atomic E-state index is -0.839. The van der Waals surface area contributed by atoms with Crippen LogP contribution in [0.15, 0.2) is 58.4 Å². The van der Waals surface area contributed by atoms with Crippen molar-refractivity contribution in [3.8, 4) is 5.75 Å². The lowest BCUT2D eigenvalue weighted by molar-refractivity contribution is -0.117. The van der Waals surface area contributed by atoms with Crippen LogP contribution < -0.4 is 20.5 Å². The van der Waals surface area contributed by atoms with Gasteiger partial charge in [0.25, 0.3) is 5.91 Å². The molecule has 7 nitrogen and oxygen atoms in total. The lowest BCUT2D eigenvalue weighted by atomic mass is 10.1. The standard InChI is InChI=1S/C40H50Cl4N4O3S/c1-4-6-8-9-10-11-12-13-14-15-16-17-36(49)45-29-19-20-30(42)33(26-29)46-39-38(52-35-23-27(3)18-21-34(35)51-22-7-5-2)40(50)48(47-39)37-31(43)24-28(41)25-32(37)44/h18-21,23-26,38H,4-17,22H2,1-3H3,(H,45,49)(H,46,47). The molecular formula is C40H50Cl4N4O3S. The molecule has 0 aliphatic carbocycles. The number of ether oxygens (including phenoxy) is 1. The first kappa shape index (κ1) is 42.1. The minimum absolute atomic E-state index is 0.0623. The highest BCUT2D eigenvalue weighted by Crippen LogP contribution is 2.42. The fourth-order valence-corrected chi connectivity index (χ4v) is 8.15. The fraction of sp³-hybridized carbons (Fsp3) is 0.475. The van der Waals surface area contributed by atoms with E-state index in [2.05, 4.69) is 24.6 Å². The van der Waals surface area contributed by atoms with Crippen molar-refractivity contribution < 1.29 is 14.3 Å². The summed E-state index contributed by atoms with van der Waals surface area (Å²) >= 11 is 27.3. The molecule has 1 unspecified atom stereocenters. The number of thioether (sulfide) groups is 1. The Bertz CT molecular complexity index is 1670. The van der Waals surface area contributed by atoms with E-state index in [0.29, 0.717) is 46.0 Å². The van der Waals surface area contributed by atoms with E-state index >= 15 is 0 Å². The zero-order valence-corrected chi connectivity index (χ0v) is 34.2. The highest BCUT2D eigenvalue weighted by atomic mass is 35.5. The molecular weight excluding hydrogens is 758 g/mol. The van der Waals surface area contributed by atoms with Crippen LogP contribution in [0, 0.1) is 6.92 Å². The number of halogens is 4. The molecule has 1 saturated heterocycles. The molecule has 1 heterocycles. The first-order valence-electron chi connectivity index (χ1n) is 18.4. The summed E-state index contributed by atoms with van der Waals surface area (Å²) in [6.07, 6.45) is 15.8. The van der Waals surface area contributed by atoms with Crippen LogP contribution in [0.3, 0.4) is 0 Å². The van der Waals surface area contributed by atoms with Crippen molar-refractivity contribution in [2.24, 2.45) is 4.99 Å². The van der Waals surface area contributed by atoms with Crippen LogP contribution in [-0.2, 0) is 9.59 Å². The Kier molecular flexibility index (Phi) is 17.8. The maximum Gasteiger partial charge on any atom is 0.267 e. The average molecular weight is 809 g/mol. The quantitative estimate of drug-likeness (QED) is 0.105. The number of aliphatic imine (C=N–C) groups is 1. The molecule has 52 heavy (non-hydrogen) atoms. The Morgan fingerprint density at radius 3 is 2.12 bits per heavy atom. The van der Waals surface area contributed by atoms with Crippen LogP contribution in [0.25, 0.3) is 0 Å². The Labute approximate surface area is 333 Å². The second kappa shape index (κ2) is 21.9. The predicted octanol–water partition coefficient (Wildman–Crippen LogP) is 13.2. The lowest BCUT2D eigenvalue weighted by Crippen LogP contribution is -2.36. The van der Waals surface area contributed by atoms with E-state index in [1.165, 1.54) is 80.3 Å². The van der Waals surface area contributed by atoms with Gasteiger partial charge in [0.05, 0.1) is 32.3 Å². The first-order chi connectivity index (χ1) is 25.1. The van der Waals surface area contributed by atoms with Crippen molar-refractivity contribution in [1.82, 2.24) is 5.43 Å². The van der Waals surface area contributed by atoms with E-state index in [0.717, 1.165) is 42.6 Å². The number of hydrogen-bond donors (Lipinski definition) is 2. The number of nitrogens with zero attached hydrogens (tertiary/aromatic N) is 2. The van der Waals surface area contributed by atoms with Crippen molar-refractivity contribution in [2.45, 2.75) is 121 Å². The van der Waals surface area contributed by atoms with E-state index in [1.54, 1.807) is 18.2 Å². The summed E-state index contributed by atoms with van der Waals surface area (Å²) in [5.41, 5.74) is 5.35. The van der Waals surface area contributed by atoms with Gasteiger partial charge in [-0.3, -0.25) is 15.0 Å². The maximum atomic E-state index is 14.2. The average Bonchev–Trinajstić information content (AvgIpc) is 3.39. The first-order valence-corrected chi connectivity index (χ1v) is 20.8. The summed E-state index contributed by atoms with van der Waals surface area (Å²) < 4.78 is 6.11. The number of anilines is 2. The van der Waals surface area contributed by atoms with Gasteiger partial charge < -0.3 is 10.1 Å². The van der Waals surface area contributed by atoms with Gasteiger partial charge in [-0.25, -0.2) is 10.0 Å². The van der Waals surface area contributed by atoms with Crippen LogP contribution >= 0.6 is 58.2 Å². The number of hydrogen-bond acceptors (Lipinski definition) is 5. The van der Waals surface area contributed by atoms with Gasteiger partial charge in [-0.05, 0) is 67.8 Å². The Balaban J connectivity index is 1.49. The Morgan fingerprint density at radius 1 is 0.827 bits per heavy atom. The van der Waals surface area contributed by atoms with E-state index in [9.17, 15) is 9.59 Å². The SMILES string of the molecule is CCCCCCCCCCCCCC(=O)Nc1ccc(Cl)c(N=C2NN(c3c(Cl)cc(Cl)cc3Cl)C(=O)C2Sc2cc(C)ccc2OCCCC)c1. The van der Waals surface area contributed by atoms with Crippen molar-refractivity contribution in [3.63, 3.8) is 0 Å². The van der Waals surface area contributed by atoms with Crippen LogP contribution in [-0.4, -0.2) is 29.5 Å². The number of carbonyl (C=O) groups is 2. The zero-order valence-electron chi connectivity index (χ0n) is 30.3. The van der Waals surface area contributed by atoms with Crippen LogP contribution in [0.5, 0.6) is 5.75 Å². The van der Waals surface area contributed by atoms with E-state index in [4.69, 9.17) is 56.1 Å². The van der Waals surface area contributed by atoms with Gasteiger partial charge in [0.1, 0.15) is 22.5 Å². The normalized spacial score (nSPS) is 15.0. The van der Waals surface area contributed by atoms with Gasteiger partial charge in [0.15, 0.2) is 0 Å². The number of amides is 2. The molecule has 4 rings (SSSR count). The molecule has 2 N–H and O–H groups in total. The third kappa shape index (κ3) is 12.8. The third-order valence-corrected chi connectivity index (χ3v) is 11.0. The summed E-state index contributed by atoms with van der Waals surface area (Å²) in [7, 11) is 0. The summed E-state index contributed by atoms with van der Waals surface area (Å²) in [6, 6.07) is 14.1. The van der Waals surface area contributed by atoms with Gasteiger partial charge in [0.2, 0.25) is 5.91 Å². The van der Waals surface area contributed by atoms with Gasteiger partial charge in [-0.1, -0.05) is 137 Å². The van der Waals surface area contributed by atoms with E-state index in [-0.39, 0.29) is 27.5 Å². The van der Waals surface area contributed by atoms with Crippen molar-refractivity contribution in [3.05, 3.63) is 74.2 Å². The number of nitrogens with one attached hydrogen (secondary N) is 2. The Hall–Kier alpha value is -2.62. The molecule has 1 atom stereocenters. The highest BCUT2D eigenvalue weighted by Gasteiger charge is 2.41. The molecule has 3 aromatic carbocycles. The number of unbranched alkanes of at least 4 members (excludes halogenated alkanes) is 11. The summed E-state index contributed by atoms with van der Waals surface area (Å²) in [6.45, 7) is 6.89. The number of benzene rings is 3. The van der Waals surface area contributed by atoms with Gasteiger partial charge in [-0.2, -0.15) is 0 Å². The number of carbonyl (C=O) groups excluding carboxylic acids is 2. The van der Waals surface area contributed by atoms with Crippen LogP contribution in [0.1, 0.15) is 109 Å². The molecule has 12 heteroatoms. The zero-order chi connectivity index (χ0) is 37.5. The molecule has 0 bridgehead atoms. The summed E-state index contributed by atoms with van der Waals surface area (Å²) in [5, 5.41) is 4.53. The lowest BCUT2D eigenvalue weighted by Gasteiger charge is -2.19. The van der Waals surface area contributed by atoms with Gasteiger partial charge in [0, 0.05) is 17.1 Å². The molecule has 1 aliphatic rings. The topological polar surface area (TPSA) is 83.0 Å². The van der Waals surface area contributed by atoms with Crippen molar-refractivity contribution in [2.75, 3.05) is 16.9 Å². The molecule has 1 aliphatic heterocycles. The molecule has 0 radical (unpaired) electrons. The summed E-state index contributed by atoms with van der Waals surface area (Å²) in [5.74, 6) is 0.582. The van der Waals surface area contributed by atoms with Crippen LogP contribution in [0.2, 0.25) is 20.1 Å². The van der Waals surface area contributed by atoms with E-state index < -0.39 is 5.25 Å². The molecule has 0 spiro atoms. The summed E-state index contributed by atoms with van der Waals surface area (Å²) in [4.78, 5) is 32.7. The van der Waals surface area contributed by atoms with E-state index in [1.807, 2.05) is 25.1 Å². The van der Waals surface area contributed by atoms with Gasteiger partial charge in [-0.15, -0.1) is 11.8 Å². The number of rotatable bonds is 21. The van der Waals surface area contributed by atoms with Gasteiger partial charge >= 0.3 is 0 Å². The predicted molar refractivity (Wildman–Crippen MR) is 222 cm³/mol. The molecule has 0 aromatic heterocycles. The largest absolute Gasteiger partial charge is 0.492 e. The maximum absolute atomic E-state index is 14.2. The fourth-order valence-electron chi connectivity index (χ4n) is 5.83. The smallest absolute Gasteiger partial charge is 0.267 e.